The van der Waals surface area contributed by atoms with Crippen molar-refractivity contribution in [2.24, 2.45) is 0 Å². The first-order chi connectivity index (χ1) is 14.3. The van der Waals surface area contributed by atoms with Crippen LogP contribution in [-0.4, -0.2) is 18.0 Å². The van der Waals surface area contributed by atoms with Gasteiger partial charge in [0.25, 0.3) is 5.92 Å². The molecular formula is C25H29F2NOS. The average molecular weight is 430 g/mol. The van der Waals surface area contributed by atoms with Crippen molar-refractivity contribution >= 4 is 17.8 Å². The van der Waals surface area contributed by atoms with E-state index in [0.29, 0.717) is 23.1 Å². The molecule has 1 aromatic carbocycles. The third-order valence-electron chi connectivity index (χ3n) is 5.60. The van der Waals surface area contributed by atoms with Gasteiger partial charge in [-0.25, -0.2) is 8.78 Å². The average Bonchev–Trinajstić information content (AvgIpc) is 3.21. The maximum Gasteiger partial charge on any atom is 0.270 e. The Hall–Kier alpha value is -2.27. The minimum Gasteiger partial charge on any atom is -0.457 e. The zero-order valence-corrected chi connectivity index (χ0v) is 18.5. The molecule has 0 amide bonds. The molecule has 0 bridgehead atoms. The van der Waals surface area contributed by atoms with E-state index < -0.39 is 5.92 Å². The molecule has 1 aliphatic carbocycles. The highest BCUT2D eigenvalue weighted by Crippen LogP contribution is 2.34. The van der Waals surface area contributed by atoms with Gasteiger partial charge in [-0.05, 0) is 42.5 Å². The Bertz CT molecular complexity index is 919. The van der Waals surface area contributed by atoms with Crippen molar-refractivity contribution in [1.29, 1.82) is 0 Å². The summed E-state index contributed by atoms with van der Waals surface area (Å²) in [6, 6.07) is 10.5. The molecule has 2 aromatic rings. The molecule has 0 spiro atoms. The molecule has 1 aliphatic rings. The van der Waals surface area contributed by atoms with Gasteiger partial charge in [-0.15, -0.1) is 0 Å². The van der Waals surface area contributed by atoms with Crippen LogP contribution in [-0.2, 0) is 5.92 Å². The summed E-state index contributed by atoms with van der Waals surface area (Å²) in [6.07, 6.45) is 8.13. The Labute approximate surface area is 182 Å². The molecule has 0 N–H and O–H groups in total. The molecule has 5 heteroatoms. The van der Waals surface area contributed by atoms with Crippen LogP contribution in [0.2, 0.25) is 0 Å². The van der Waals surface area contributed by atoms with Crippen molar-refractivity contribution < 1.29 is 13.2 Å². The van der Waals surface area contributed by atoms with E-state index in [1.54, 1.807) is 17.5 Å². The number of hydrogen-bond donors (Lipinski definition) is 0. The predicted molar refractivity (Wildman–Crippen MR) is 123 cm³/mol. The van der Waals surface area contributed by atoms with Crippen molar-refractivity contribution in [2.75, 3.05) is 7.05 Å². The summed E-state index contributed by atoms with van der Waals surface area (Å²) in [5, 5.41) is 1.78. The highest BCUT2D eigenvalue weighted by molar-refractivity contribution is 8.06. The largest absolute Gasteiger partial charge is 0.457 e. The zero-order chi connectivity index (χ0) is 21.7. The van der Waals surface area contributed by atoms with Crippen molar-refractivity contribution in [2.45, 2.75) is 51.0 Å². The third-order valence-corrected chi connectivity index (χ3v) is 6.37. The van der Waals surface area contributed by atoms with Crippen LogP contribution >= 0.6 is 11.8 Å². The van der Waals surface area contributed by atoms with E-state index in [9.17, 15) is 8.78 Å². The SMILES string of the molecule is C=CS/C(=C/c1ccc(-c2cccc(C(C)(F)F)c2)o1)C(=C)N(C)C1CCCCC1. The maximum absolute atomic E-state index is 13.7. The van der Waals surface area contributed by atoms with Crippen LogP contribution in [0.3, 0.4) is 0 Å². The van der Waals surface area contributed by atoms with Gasteiger partial charge in [-0.1, -0.05) is 62.4 Å². The summed E-state index contributed by atoms with van der Waals surface area (Å²) in [6.45, 7) is 9.05. The summed E-state index contributed by atoms with van der Waals surface area (Å²) >= 11 is 1.51. The van der Waals surface area contributed by atoms with Crippen LogP contribution in [0.4, 0.5) is 8.78 Å². The Morgan fingerprint density at radius 1 is 1.20 bits per heavy atom. The van der Waals surface area contributed by atoms with Gasteiger partial charge in [0, 0.05) is 41.7 Å². The van der Waals surface area contributed by atoms with Crippen LogP contribution in [0.25, 0.3) is 17.4 Å². The first-order valence-corrected chi connectivity index (χ1v) is 11.2. The quantitative estimate of drug-likeness (QED) is 0.395. The van der Waals surface area contributed by atoms with E-state index >= 15 is 0 Å². The second-order valence-corrected chi connectivity index (χ2v) is 8.82. The van der Waals surface area contributed by atoms with Crippen molar-refractivity contribution in [1.82, 2.24) is 4.90 Å². The molecule has 0 saturated heterocycles. The standard InChI is InChI=1S/C25H29F2NOS/c1-5-30-24(18(2)28(4)21-12-7-6-8-13-21)17-22-14-15-23(29-22)19-10-9-11-20(16-19)25(3,26)27/h5,9-11,14-17,21H,1-2,6-8,12-13H2,3-4H3/b24-17+. The molecule has 1 heterocycles. The van der Waals surface area contributed by atoms with Crippen LogP contribution < -0.4 is 0 Å². The molecule has 0 radical (unpaired) electrons. The van der Waals surface area contributed by atoms with Gasteiger partial charge in [0.05, 0.1) is 0 Å². The minimum atomic E-state index is -2.89. The molecule has 3 rings (SSSR count). The summed E-state index contributed by atoms with van der Waals surface area (Å²) in [5.41, 5.74) is 1.54. The second kappa shape index (κ2) is 9.69. The lowest BCUT2D eigenvalue weighted by Gasteiger charge is -2.34. The fourth-order valence-electron chi connectivity index (χ4n) is 3.80. The number of benzene rings is 1. The van der Waals surface area contributed by atoms with Crippen LogP contribution in [0, 0.1) is 0 Å². The second-order valence-electron chi connectivity index (χ2n) is 7.81. The minimum absolute atomic E-state index is 0.0288. The summed E-state index contributed by atoms with van der Waals surface area (Å²) in [4.78, 5) is 3.23. The van der Waals surface area contributed by atoms with Gasteiger partial charge in [-0.3, -0.25) is 0 Å². The highest BCUT2D eigenvalue weighted by Gasteiger charge is 2.25. The van der Waals surface area contributed by atoms with Gasteiger partial charge in [0.2, 0.25) is 0 Å². The number of furan rings is 1. The van der Waals surface area contributed by atoms with Crippen LogP contribution in [0.15, 0.2) is 70.0 Å². The first kappa shape index (κ1) is 22.4. The maximum atomic E-state index is 13.7. The van der Waals surface area contributed by atoms with E-state index in [4.69, 9.17) is 4.42 Å². The van der Waals surface area contributed by atoms with E-state index in [0.717, 1.165) is 17.5 Å². The molecule has 160 valence electrons. The third kappa shape index (κ3) is 5.45. The number of rotatable bonds is 8. The molecule has 30 heavy (non-hydrogen) atoms. The van der Waals surface area contributed by atoms with Gasteiger partial charge in [-0.2, -0.15) is 0 Å². The number of halogens is 2. The van der Waals surface area contributed by atoms with Gasteiger partial charge < -0.3 is 9.32 Å². The number of nitrogens with zero attached hydrogens (tertiary/aromatic N) is 1. The lowest BCUT2D eigenvalue weighted by atomic mass is 9.94. The Morgan fingerprint density at radius 2 is 1.93 bits per heavy atom. The molecule has 1 aromatic heterocycles. The molecule has 0 atom stereocenters. The van der Waals surface area contributed by atoms with E-state index in [-0.39, 0.29) is 5.56 Å². The predicted octanol–water partition coefficient (Wildman–Crippen LogP) is 8.05. The monoisotopic (exact) mass is 429 g/mol. The number of hydrogen-bond acceptors (Lipinski definition) is 3. The Balaban J connectivity index is 1.83. The topological polar surface area (TPSA) is 16.4 Å². The van der Waals surface area contributed by atoms with Crippen molar-refractivity contribution in [3.05, 3.63) is 76.9 Å². The lowest BCUT2D eigenvalue weighted by molar-refractivity contribution is 0.0175. The summed E-state index contributed by atoms with van der Waals surface area (Å²) < 4.78 is 33.3. The number of likely N-dealkylation sites (N-methyl/N-ethyl adjacent to an activating group) is 1. The van der Waals surface area contributed by atoms with Crippen LogP contribution in [0.1, 0.15) is 50.4 Å². The molecule has 0 aliphatic heterocycles. The van der Waals surface area contributed by atoms with Gasteiger partial charge in [0.15, 0.2) is 0 Å². The number of thioether (sulfide) groups is 1. The first-order valence-electron chi connectivity index (χ1n) is 10.3. The van der Waals surface area contributed by atoms with Crippen molar-refractivity contribution in [3.63, 3.8) is 0 Å². The fourth-order valence-corrected chi connectivity index (χ4v) is 4.44. The molecule has 0 unspecified atom stereocenters. The summed E-state index contributed by atoms with van der Waals surface area (Å²) in [5.74, 6) is -1.68. The fraction of sp³-hybridized carbons (Fsp3) is 0.360. The zero-order valence-electron chi connectivity index (χ0n) is 17.7. The van der Waals surface area contributed by atoms with E-state index in [1.807, 2.05) is 18.2 Å². The number of alkyl halides is 2. The molecule has 1 fully saturated rings. The van der Waals surface area contributed by atoms with Gasteiger partial charge in [0.1, 0.15) is 11.5 Å². The molecular weight excluding hydrogens is 400 g/mol. The van der Waals surface area contributed by atoms with Crippen molar-refractivity contribution in [3.8, 4) is 11.3 Å². The highest BCUT2D eigenvalue weighted by atomic mass is 32.2. The van der Waals surface area contributed by atoms with E-state index in [2.05, 4.69) is 25.1 Å². The van der Waals surface area contributed by atoms with E-state index in [1.165, 1.54) is 56.0 Å². The van der Waals surface area contributed by atoms with Crippen LogP contribution in [0.5, 0.6) is 0 Å². The molecule has 1 saturated carbocycles. The van der Waals surface area contributed by atoms with Gasteiger partial charge >= 0.3 is 0 Å². The summed E-state index contributed by atoms with van der Waals surface area (Å²) in [7, 11) is 2.10. The molecule has 2 nitrogen and oxygen atoms in total. The smallest absolute Gasteiger partial charge is 0.270 e. The normalized spacial score (nSPS) is 15.8. The lowest BCUT2D eigenvalue weighted by Crippen LogP contribution is -2.32. The Morgan fingerprint density at radius 3 is 2.60 bits per heavy atom. The Kier molecular flexibility index (Phi) is 7.24.